The van der Waals surface area contributed by atoms with Gasteiger partial charge in [-0.2, -0.15) is 0 Å². The lowest BCUT2D eigenvalue weighted by atomic mass is 9.97. The van der Waals surface area contributed by atoms with E-state index in [1.165, 1.54) is 18.5 Å². The molecule has 0 aliphatic carbocycles. The maximum absolute atomic E-state index is 13.1. The summed E-state index contributed by atoms with van der Waals surface area (Å²) in [4.78, 5) is 39.8. The van der Waals surface area contributed by atoms with Crippen LogP contribution in [0.4, 0.5) is 5.69 Å². The average molecular weight is 382 g/mol. The molecule has 4 heterocycles. The summed E-state index contributed by atoms with van der Waals surface area (Å²) < 4.78 is 0. The van der Waals surface area contributed by atoms with Gasteiger partial charge in [0.05, 0.1) is 6.04 Å². The van der Waals surface area contributed by atoms with E-state index in [-0.39, 0.29) is 11.9 Å². The monoisotopic (exact) mass is 382 g/mol. The van der Waals surface area contributed by atoms with E-state index in [0.717, 1.165) is 30.6 Å². The van der Waals surface area contributed by atoms with E-state index in [1.807, 2.05) is 17.0 Å². The molecule has 2 bridgehead atoms. The Morgan fingerprint density at radius 1 is 1.11 bits per heavy atom. The number of amides is 1. The minimum Gasteiger partial charge on any atom is -0.368 e. The molecule has 4 atom stereocenters. The highest BCUT2D eigenvalue weighted by Gasteiger charge is 2.39. The largest absolute Gasteiger partial charge is 0.368 e. The number of carbonyl (C=O) groups excluding carboxylic acids is 3. The summed E-state index contributed by atoms with van der Waals surface area (Å²) in [6, 6.07) is 6.85. The van der Waals surface area contributed by atoms with Gasteiger partial charge in [0.2, 0.25) is 5.78 Å². The molecule has 7 nitrogen and oxygen atoms in total. The van der Waals surface area contributed by atoms with Crippen LogP contribution in [0.15, 0.2) is 18.2 Å². The number of rotatable bonds is 4. The third kappa shape index (κ3) is 2.93. The molecule has 2 N–H and O–H groups in total. The zero-order valence-electron chi connectivity index (χ0n) is 15.9. The minimum atomic E-state index is -0.402. The quantitative estimate of drug-likeness (QED) is 0.582. The van der Waals surface area contributed by atoms with Crippen LogP contribution in [0.3, 0.4) is 0 Å². The van der Waals surface area contributed by atoms with Gasteiger partial charge in [-0.25, -0.2) is 0 Å². The first kappa shape index (κ1) is 17.8. The second kappa shape index (κ2) is 6.97. The summed E-state index contributed by atoms with van der Waals surface area (Å²) in [5.41, 5.74) is 3.15. The van der Waals surface area contributed by atoms with Gasteiger partial charge in [-0.15, -0.1) is 0 Å². The van der Waals surface area contributed by atoms with Crippen molar-refractivity contribution in [1.29, 1.82) is 0 Å². The number of aldehydes is 1. The summed E-state index contributed by atoms with van der Waals surface area (Å²) in [5, 5.41) is 6.81. The van der Waals surface area contributed by atoms with Crippen LogP contribution in [0.25, 0.3) is 0 Å². The zero-order valence-corrected chi connectivity index (χ0v) is 15.9. The molecule has 0 radical (unpaired) electrons. The van der Waals surface area contributed by atoms with Crippen molar-refractivity contribution in [2.45, 2.75) is 56.4 Å². The highest BCUT2D eigenvalue weighted by atomic mass is 16.2. The topological polar surface area (TPSA) is 81.8 Å². The van der Waals surface area contributed by atoms with Crippen LogP contribution >= 0.6 is 0 Å². The number of anilines is 1. The van der Waals surface area contributed by atoms with Crippen LogP contribution in [0, 0.1) is 0 Å². The van der Waals surface area contributed by atoms with Crippen LogP contribution in [-0.2, 0) is 16.1 Å². The molecule has 3 saturated heterocycles. The fourth-order valence-corrected chi connectivity index (χ4v) is 5.36. The molecule has 2 unspecified atom stereocenters. The number of piperazine rings is 1. The zero-order chi connectivity index (χ0) is 19.3. The van der Waals surface area contributed by atoms with Gasteiger partial charge in [-0.3, -0.25) is 14.4 Å². The van der Waals surface area contributed by atoms with E-state index >= 15 is 0 Å². The number of hydrogen-bond donors (Lipinski definition) is 2. The molecule has 0 aromatic heterocycles. The van der Waals surface area contributed by atoms with Crippen molar-refractivity contribution in [2.24, 2.45) is 0 Å². The molecule has 3 fully saturated rings. The third-order valence-electron chi connectivity index (χ3n) is 6.82. The first-order chi connectivity index (χ1) is 13.6. The van der Waals surface area contributed by atoms with Crippen LogP contribution in [0.1, 0.15) is 41.6 Å². The number of piperidine rings is 1. The highest BCUT2D eigenvalue weighted by Crippen LogP contribution is 2.36. The number of nitrogens with zero attached hydrogens (tertiary/aromatic N) is 2. The Hall–Kier alpha value is -2.25. The minimum absolute atomic E-state index is 0.0580. The molecule has 1 amide bonds. The number of nitrogens with one attached hydrogen (secondary N) is 2. The number of Topliss-reactive ketones (excluding diaryl/α,β-unsaturated/α-hetero) is 1. The number of ketones is 1. The maximum atomic E-state index is 13.1. The van der Waals surface area contributed by atoms with E-state index in [9.17, 15) is 14.4 Å². The van der Waals surface area contributed by atoms with Crippen molar-refractivity contribution < 1.29 is 14.4 Å². The van der Waals surface area contributed by atoms with Gasteiger partial charge >= 0.3 is 0 Å². The molecule has 0 saturated carbocycles. The van der Waals surface area contributed by atoms with Gasteiger partial charge in [0.25, 0.3) is 5.91 Å². The van der Waals surface area contributed by atoms with Crippen LogP contribution < -0.4 is 15.5 Å². The van der Waals surface area contributed by atoms with Gasteiger partial charge in [0.1, 0.15) is 0 Å². The Morgan fingerprint density at radius 2 is 1.89 bits per heavy atom. The Bertz CT molecular complexity index is 806. The van der Waals surface area contributed by atoms with Gasteiger partial charge in [0, 0.05) is 61.1 Å². The summed E-state index contributed by atoms with van der Waals surface area (Å²) >= 11 is 0. The second-order valence-corrected chi connectivity index (χ2v) is 8.49. The Labute approximate surface area is 164 Å². The third-order valence-corrected chi connectivity index (χ3v) is 6.82. The standard InChI is InChI=1S/C21H26N4O3/c26-12-20(27)18-7-6-15(8-22-18)25-11-17-16(21(25)28)2-1-3-19(17)24-9-13-4-5-14(10-24)23-13/h1-3,12-15,18,22-23H,4-11H2/t13-,14+,15?,18?. The molecule has 4 aliphatic heterocycles. The van der Waals surface area contributed by atoms with E-state index in [4.69, 9.17) is 0 Å². The predicted molar refractivity (Wildman–Crippen MR) is 104 cm³/mol. The van der Waals surface area contributed by atoms with Crippen LogP contribution in [0.2, 0.25) is 0 Å². The lowest BCUT2D eigenvalue weighted by Crippen LogP contribution is -2.52. The van der Waals surface area contributed by atoms with E-state index in [2.05, 4.69) is 21.6 Å². The Kier molecular flexibility index (Phi) is 4.44. The van der Waals surface area contributed by atoms with Gasteiger partial charge < -0.3 is 20.4 Å². The smallest absolute Gasteiger partial charge is 0.254 e. The normalized spacial score (nSPS) is 31.8. The predicted octanol–water partition coefficient (Wildman–Crippen LogP) is 0.472. The second-order valence-electron chi connectivity index (χ2n) is 8.49. The molecule has 1 aromatic carbocycles. The first-order valence-electron chi connectivity index (χ1n) is 10.3. The van der Waals surface area contributed by atoms with Crippen molar-refractivity contribution in [3.63, 3.8) is 0 Å². The van der Waals surface area contributed by atoms with E-state index < -0.39 is 11.8 Å². The van der Waals surface area contributed by atoms with E-state index in [1.54, 1.807) is 0 Å². The van der Waals surface area contributed by atoms with Gasteiger partial charge in [-0.05, 0) is 37.8 Å². The van der Waals surface area contributed by atoms with Crippen LogP contribution in [0.5, 0.6) is 0 Å². The van der Waals surface area contributed by atoms with Crippen molar-refractivity contribution >= 4 is 23.7 Å². The fourth-order valence-electron chi connectivity index (χ4n) is 5.36. The van der Waals surface area contributed by atoms with Gasteiger partial charge in [-0.1, -0.05) is 6.07 Å². The SMILES string of the molecule is O=CC(=O)C1CCC(N2Cc3c(cccc3N3C[C@H]4CC[C@@H](C3)N4)C2=O)CN1. The Balaban J connectivity index is 1.33. The number of carbonyl (C=O) groups is 3. The Morgan fingerprint density at radius 3 is 2.57 bits per heavy atom. The summed E-state index contributed by atoms with van der Waals surface area (Å²) in [5.74, 6) is -0.313. The molecule has 148 valence electrons. The number of hydrogen-bond acceptors (Lipinski definition) is 6. The molecular formula is C21H26N4O3. The molecule has 4 aliphatic rings. The highest BCUT2D eigenvalue weighted by molar-refractivity contribution is 6.27. The molecular weight excluding hydrogens is 356 g/mol. The number of benzene rings is 1. The summed E-state index contributed by atoms with van der Waals surface area (Å²) in [6.45, 7) is 3.18. The van der Waals surface area contributed by atoms with Crippen molar-refractivity contribution in [2.75, 3.05) is 24.5 Å². The summed E-state index contributed by atoms with van der Waals surface area (Å²) in [7, 11) is 0. The number of fused-ring (bicyclic) bond motifs is 3. The lowest BCUT2D eigenvalue weighted by molar-refractivity contribution is -0.131. The fraction of sp³-hybridized carbons (Fsp3) is 0.571. The maximum Gasteiger partial charge on any atom is 0.254 e. The molecule has 0 spiro atoms. The van der Waals surface area contributed by atoms with Crippen molar-refractivity contribution in [3.05, 3.63) is 29.3 Å². The average Bonchev–Trinajstić information content (AvgIpc) is 3.26. The lowest BCUT2D eigenvalue weighted by Gasteiger charge is -2.36. The van der Waals surface area contributed by atoms with Gasteiger partial charge in [0.15, 0.2) is 6.29 Å². The molecule has 5 rings (SSSR count). The van der Waals surface area contributed by atoms with Crippen LogP contribution in [-0.4, -0.2) is 66.7 Å². The molecule has 7 heteroatoms. The molecule has 1 aromatic rings. The van der Waals surface area contributed by atoms with Crippen molar-refractivity contribution in [3.8, 4) is 0 Å². The summed E-state index contributed by atoms with van der Waals surface area (Å²) in [6.07, 6.45) is 4.19. The van der Waals surface area contributed by atoms with Crippen molar-refractivity contribution in [1.82, 2.24) is 15.5 Å². The van der Waals surface area contributed by atoms with E-state index in [0.29, 0.717) is 37.9 Å². The molecule has 28 heavy (non-hydrogen) atoms. The first-order valence-corrected chi connectivity index (χ1v) is 10.3.